The molecule has 2 heterocycles. The monoisotopic (exact) mass is 350 g/mol. The Morgan fingerprint density at radius 1 is 1.26 bits per heavy atom. The van der Waals surface area contributed by atoms with Crippen LogP contribution in [-0.2, 0) is 6.54 Å². The molecule has 1 unspecified atom stereocenters. The molecule has 0 spiro atoms. The van der Waals surface area contributed by atoms with Crippen molar-refractivity contribution >= 4 is 29.0 Å². The van der Waals surface area contributed by atoms with E-state index in [-0.39, 0.29) is 0 Å². The second-order valence-corrected chi connectivity index (χ2v) is 6.72. The number of halogens is 2. The van der Waals surface area contributed by atoms with Crippen molar-refractivity contribution in [1.29, 1.82) is 0 Å². The van der Waals surface area contributed by atoms with E-state index in [0.717, 1.165) is 53.9 Å². The fraction of sp³-hybridized carbons (Fsp3) is 0.412. The van der Waals surface area contributed by atoms with E-state index in [4.69, 9.17) is 23.2 Å². The number of anilines is 1. The Morgan fingerprint density at radius 2 is 2.04 bits per heavy atom. The Hall–Kier alpha value is -1.36. The Labute approximate surface area is 147 Å². The zero-order chi connectivity index (χ0) is 16.2. The van der Waals surface area contributed by atoms with E-state index in [1.165, 1.54) is 0 Å². The third-order valence-corrected chi connectivity index (χ3v) is 5.11. The highest BCUT2D eigenvalue weighted by molar-refractivity contribution is 6.35. The van der Waals surface area contributed by atoms with E-state index in [2.05, 4.69) is 26.8 Å². The molecule has 6 heteroatoms. The van der Waals surface area contributed by atoms with Crippen LogP contribution in [0, 0.1) is 0 Å². The fourth-order valence-electron chi connectivity index (χ4n) is 3.08. The summed E-state index contributed by atoms with van der Waals surface area (Å²) in [5.74, 6) is 0.961. The van der Waals surface area contributed by atoms with Crippen LogP contribution >= 0.6 is 23.2 Å². The van der Waals surface area contributed by atoms with Gasteiger partial charge in [-0.15, -0.1) is 0 Å². The van der Waals surface area contributed by atoms with E-state index in [1.807, 2.05) is 24.3 Å². The average Bonchev–Trinajstić information content (AvgIpc) is 2.59. The molecular formula is C17H20Cl2N4. The number of likely N-dealkylation sites (N-methyl/N-ethyl adjacent to an activating group) is 1. The molecule has 2 aromatic rings. The van der Waals surface area contributed by atoms with Gasteiger partial charge in [0.15, 0.2) is 0 Å². The number of likely N-dealkylation sites (tertiary alicyclic amines) is 1. The molecule has 1 aromatic heterocycles. The highest BCUT2D eigenvalue weighted by atomic mass is 35.5. The van der Waals surface area contributed by atoms with Gasteiger partial charge in [0, 0.05) is 48.0 Å². The normalized spacial score (nSPS) is 18.8. The molecule has 1 saturated heterocycles. The van der Waals surface area contributed by atoms with Gasteiger partial charge in [0.1, 0.15) is 12.1 Å². The van der Waals surface area contributed by atoms with Crippen LogP contribution < -0.4 is 4.90 Å². The van der Waals surface area contributed by atoms with Gasteiger partial charge in [-0.25, -0.2) is 9.97 Å². The fourth-order valence-corrected chi connectivity index (χ4v) is 3.59. The first kappa shape index (κ1) is 16.5. The Balaban J connectivity index is 1.69. The van der Waals surface area contributed by atoms with Crippen molar-refractivity contribution in [1.82, 2.24) is 14.9 Å². The van der Waals surface area contributed by atoms with Crippen molar-refractivity contribution < 1.29 is 0 Å². The largest absolute Gasteiger partial charge is 0.355 e. The van der Waals surface area contributed by atoms with Gasteiger partial charge in [-0.1, -0.05) is 29.3 Å². The highest BCUT2D eigenvalue weighted by Crippen LogP contribution is 2.27. The Bertz CT molecular complexity index is 630. The molecule has 0 saturated carbocycles. The van der Waals surface area contributed by atoms with Crippen LogP contribution in [0.15, 0.2) is 36.8 Å². The summed E-state index contributed by atoms with van der Waals surface area (Å²) in [6, 6.07) is 8.06. The van der Waals surface area contributed by atoms with Gasteiger partial charge in [-0.05, 0) is 37.6 Å². The summed E-state index contributed by atoms with van der Waals surface area (Å²) in [5.41, 5.74) is 1.01. The lowest BCUT2D eigenvalue weighted by molar-refractivity contribution is 0.198. The number of hydrogen-bond acceptors (Lipinski definition) is 4. The van der Waals surface area contributed by atoms with Crippen LogP contribution in [0.4, 0.5) is 5.82 Å². The molecule has 1 aromatic carbocycles. The lowest BCUT2D eigenvalue weighted by atomic mass is 10.0. The lowest BCUT2D eigenvalue weighted by Crippen LogP contribution is -2.46. The minimum absolute atomic E-state index is 0.430. The molecule has 0 radical (unpaired) electrons. The van der Waals surface area contributed by atoms with Crippen LogP contribution in [0.5, 0.6) is 0 Å². The second-order valence-electron chi connectivity index (χ2n) is 5.91. The number of hydrogen-bond donors (Lipinski definition) is 0. The van der Waals surface area contributed by atoms with Crippen LogP contribution in [0.3, 0.4) is 0 Å². The van der Waals surface area contributed by atoms with Gasteiger partial charge >= 0.3 is 0 Å². The number of aromatic nitrogens is 2. The summed E-state index contributed by atoms with van der Waals surface area (Å²) in [7, 11) is 2.10. The zero-order valence-electron chi connectivity index (χ0n) is 13.1. The minimum Gasteiger partial charge on any atom is -0.355 e. The van der Waals surface area contributed by atoms with Crippen molar-refractivity contribution in [2.75, 3.05) is 25.0 Å². The second kappa shape index (κ2) is 7.47. The summed E-state index contributed by atoms with van der Waals surface area (Å²) in [6.07, 6.45) is 5.69. The smallest absolute Gasteiger partial charge is 0.131 e. The van der Waals surface area contributed by atoms with Crippen molar-refractivity contribution in [2.24, 2.45) is 0 Å². The van der Waals surface area contributed by atoms with Crippen LogP contribution in [0.1, 0.15) is 18.4 Å². The maximum atomic E-state index is 6.31. The third kappa shape index (κ3) is 3.94. The van der Waals surface area contributed by atoms with Crippen molar-refractivity contribution in [3.8, 4) is 0 Å². The van der Waals surface area contributed by atoms with Gasteiger partial charge < -0.3 is 4.90 Å². The molecule has 0 bridgehead atoms. The molecule has 1 atom stereocenters. The third-order valence-electron chi connectivity index (χ3n) is 4.40. The SMILES string of the molecule is CN(c1ccncn1)C1CCCN(Cc2c(Cl)cccc2Cl)C1. The van der Waals surface area contributed by atoms with Gasteiger partial charge in [-0.2, -0.15) is 0 Å². The topological polar surface area (TPSA) is 32.3 Å². The zero-order valence-corrected chi connectivity index (χ0v) is 14.6. The highest BCUT2D eigenvalue weighted by Gasteiger charge is 2.25. The molecule has 0 N–H and O–H groups in total. The first-order valence-corrected chi connectivity index (χ1v) is 8.55. The average molecular weight is 351 g/mol. The van der Waals surface area contributed by atoms with Gasteiger partial charge in [0.05, 0.1) is 0 Å². The molecule has 4 nitrogen and oxygen atoms in total. The summed E-state index contributed by atoms with van der Waals surface area (Å²) >= 11 is 12.6. The number of benzene rings is 1. The number of nitrogens with zero attached hydrogens (tertiary/aromatic N) is 4. The number of piperidine rings is 1. The predicted octanol–water partition coefficient (Wildman–Crippen LogP) is 3.88. The van der Waals surface area contributed by atoms with Crippen LogP contribution in [0.2, 0.25) is 10.0 Å². The molecule has 23 heavy (non-hydrogen) atoms. The molecular weight excluding hydrogens is 331 g/mol. The van der Waals surface area contributed by atoms with Gasteiger partial charge in [0.2, 0.25) is 0 Å². The Kier molecular flexibility index (Phi) is 5.36. The summed E-state index contributed by atoms with van der Waals surface area (Å²) < 4.78 is 0. The first-order chi connectivity index (χ1) is 11.1. The molecule has 1 aliphatic rings. The van der Waals surface area contributed by atoms with E-state index in [0.29, 0.717) is 6.04 Å². The quantitative estimate of drug-likeness (QED) is 0.837. The van der Waals surface area contributed by atoms with E-state index in [1.54, 1.807) is 12.5 Å². The van der Waals surface area contributed by atoms with Crippen molar-refractivity contribution in [3.63, 3.8) is 0 Å². The maximum absolute atomic E-state index is 6.31. The standard InChI is InChI=1S/C17H20Cl2N4/c1-22(17-7-8-20-12-21-17)13-4-3-9-23(10-13)11-14-15(18)5-2-6-16(14)19/h2,5-8,12-13H,3-4,9-11H2,1H3. The number of rotatable bonds is 4. The minimum atomic E-state index is 0.430. The van der Waals surface area contributed by atoms with E-state index in [9.17, 15) is 0 Å². The molecule has 3 rings (SSSR count). The summed E-state index contributed by atoms with van der Waals surface area (Å²) in [6.45, 7) is 2.82. The molecule has 0 aliphatic carbocycles. The first-order valence-electron chi connectivity index (χ1n) is 7.79. The molecule has 122 valence electrons. The molecule has 0 amide bonds. The van der Waals surface area contributed by atoms with Crippen molar-refractivity contribution in [2.45, 2.75) is 25.4 Å². The predicted molar refractivity (Wildman–Crippen MR) is 95.2 cm³/mol. The summed E-state index contributed by atoms with van der Waals surface area (Å²) in [4.78, 5) is 13.0. The summed E-state index contributed by atoms with van der Waals surface area (Å²) in [5, 5.41) is 1.48. The van der Waals surface area contributed by atoms with Crippen LogP contribution in [0.25, 0.3) is 0 Å². The maximum Gasteiger partial charge on any atom is 0.131 e. The molecule has 1 aliphatic heterocycles. The van der Waals surface area contributed by atoms with E-state index < -0.39 is 0 Å². The Morgan fingerprint density at radius 3 is 2.74 bits per heavy atom. The van der Waals surface area contributed by atoms with E-state index >= 15 is 0 Å². The van der Waals surface area contributed by atoms with Crippen LogP contribution in [-0.4, -0.2) is 41.0 Å². The van der Waals surface area contributed by atoms with Gasteiger partial charge in [-0.3, -0.25) is 4.90 Å². The van der Waals surface area contributed by atoms with Gasteiger partial charge in [0.25, 0.3) is 0 Å². The lowest BCUT2D eigenvalue weighted by Gasteiger charge is -2.38. The van der Waals surface area contributed by atoms with Crippen molar-refractivity contribution in [3.05, 3.63) is 52.4 Å². The molecule has 1 fully saturated rings.